The zero-order valence-electron chi connectivity index (χ0n) is 8.59. The van der Waals surface area contributed by atoms with E-state index in [1.54, 1.807) is 6.92 Å². The molecule has 1 rings (SSSR count). The lowest BCUT2D eigenvalue weighted by Crippen LogP contribution is -1.98. The van der Waals surface area contributed by atoms with Crippen molar-refractivity contribution in [1.29, 1.82) is 0 Å². The van der Waals surface area contributed by atoms with Gasteiger partial charge in [-0.3, -0.25) is 0 Å². The fourth-order valence-electron chi connectivity index (χ4n) is 1.08. The van der Waals surface area contributed by atoms with E-state index in [-0.39, 0.29) is 11.3 Å². The minimum Gasteiger partial charge on any atom is -0.504 e. The molecule has 0 aliphatic carbocycles. The third kappa shape index (κ3) is 2.68. The first kappa shape index (κ1) is 11.5. The molecule has 0 spiro atoms. The van der Waals surface area contributed by atoms with Gasteiger partial charge in [0.1, 0.15) is 0 Å². The van der Waals surface area contributed by atoms with Crippen molar-refractivity contribution >= 4 is 6.08 Å². The number of hydrogen-bond donors (Lipinski definition) is 0. The number of hydrogen-bond acceptors (Lipinski definition) is 2. The standard InChI is InChI=1S/C11H12F2O2/c1-3-15-9-5-4-8(6-7-14-2)10(12)11(9)13/h4-7H,3H2,1-2H3/b7-6+. The van der Waals surface area contributed by atoms with Crippen molar-refractivity contribution in [2.75, 3.05) is 13.7 Å². The molecular weight excluding hydrogens is 202 g/mol. The van der Waals surface area contributed by atoms with Gasteiger partial charge in [-0.2, -0.15) is 4.39 Å². The van der Waals surface area contributed by atoms with Crippen molar-refractivity contribution in [2.45, 2.75) is 6.92 Å². The van der Waals surface area contributed by atoms with Crippen molar-refractivity contribution in [1.82, 2.24) is 0 Å². The van der Waals surface area contributed by atoms with Crippen LogP contribution in [-0.4, -0.2) is 13.7 Å². The van der Waals surface area contributed by atoms with E-state index in [1.165, 1.54) is 31.6 Å². The molecule has 1 aromatic rings. The smallest absolute Gasteiger partial charge is 0.201 e. The highest BCUT2D eigenvalue weighted by atomic mass is 19.2. The molecule has 0 N–H and O–H groups in total. The SMILES string of the molecule is CCOc1ccc(/C=C/OC)c(F)c1F. The van der Waals surface area contributed by atoms with Crippen LogP contribution in [0.15, 0.2) is 18.4 Å². The molecule has 1 aromatic carbocycles. The van der Waals surface area contributed by atoms with E-state index in [4.69, 9.17) is 4.74 Å². The number of rotatable bonds is 4. The first-order chi connectivity index (χ1) is 7.20. The number of ether oxygens (including phenoxy) is 2. The number of benzene rings is 1. The molecule has 0 amide bonds. The third-order valence-corrected chi connectivity index (χ3v) is 1.76. The minimum atomic E-state index is -0.977. The second kappa shape index (κ2) is 5.34. The molecule has 0 aliphatic heterocycles. The van der Waals surface area contributed by atoms with Gasteiger partial charge in [0.25, 0.3) is 0 Å². The van der Waals surface area contributed by atoms with Gasteiger partial charge in [0.2, 0.25) is 5.82 Å². The number of methoxy groups -OCH3 is 1. The largest absolute Gasteiger partial charge is 0.504 e. The highest BCUT2D eigenvalue weighted by molar-refractivity contribution is 5.51. The van der Waals surface area contributed by atoms with Gasteiger partial charge in [0.05, 0.1) is 20.0 Å². The summed E-state index contributed by atoms with van der Waals surface area (Å²) < 4.78 is 36.2. The quantitative estimate of drug-likeness (QED) is 0.717. The van der Waals surface area contributed by atoms with E-state index >= 15 is 0 Å². The van der Waals surface area contributed by atoms with E-state index in [0.29, 0.717) is 6.61 Å². The van der Waals surface area contributed by atoms with Gasteiger partial charge < -0.3 is 9.47 Å². The monoisotopic (exact) mass is 214 g/mol. The van der Waals surface area contributed by atoms with E-state index < -0.39 is 11.6 Å². The summed E-state index contributed by atoms with van der Waals surface area (Å²) in [6, 6.07) is 2.82. The van der Waals surface area contributed by atoms with Crippen LogP contribution in [0.2, 0.25) is 0 Å². The average Bonchev–Trinajstić information content (AvgIpc) is 2.24. The van der Waals surface area contributed by atoms with Gasteiger partial charge in [-0.1, -0.05) is 0 Å². The molecule has 0 saturated carbocycles. The molecule has 82 valence electrons. The molecule has 0 bridgehead atoms. The van der Waals surface area contributed by atoms with E-state index in [1.807, 2.05) is 0 Å². The normalized spacial score (nSPS) is 10.7. The van der Waals surface area contributed by atoms with Crippen LogP contribution in [0.3, 0.4) is 0 Å². The summed E-state index contributed by atoms with van der Waals surface area (Å²) in [5.41, 5.74) is 0.123. The maximum atomic E-state index is 13.3. The Morgan fingerprint density at radius 3 is 2.60 bits per heavy atom. The highest BCUT2D eigenvalue weighted by Crippen LogP contribution is 2.23. The van der Waals surface area contributed by atoms with Crippen LogP contribution in [-0.2, 0) is 4.74 Å². The molecule has 4 heteroatoms. The van der Waals surface area contributed by atoms with Crippen LogP contribution in [0.25, 0.3) is 6.08 Å². The average molecular weight is 214 g/mol. The van der Waals surface area contributed by atoms with E-state index in [2.05, 4.69) is 4.74 Å². The van der Waals surface area contributed by atoms with Crippen molar-refractivity contribution in [3.8, 4) is 5.75 Å². The Morgan fingerprint density at radius 2 is 2.00 bits per heavy atom. The lowest BCUT2D eigenvalue weighted by Gasteiger charge is -2.06. The zero-order chi connectivity index (χ0) is 11.3. The van der Waals surface area contributed by atoms with Gasteiger partial charge in [0, 0.05) is 5.56 Å². The van der Waals surface area contributed by atoms with Gasteiger partial charge >= 0.3 is 0 Å². The highest BCUT2D eigenvalue weighted by Gasteiger charge is 2.12. The summed E-state index contributed by atoms with van der Waals surface area (Å²) in [7, 11) is 1.43. The first-order valence-corrected chi connectivity index (χ1v) is 4.50. The van der Waals surface area contributed by atoms with Gasteiger partial charge in [-0.15, -0.1) is 0 Å². The van der Waals surface area contributed by atoms with Crippen molar-refractivity contribution in [3.05, 3.63) is 35.6 Å². The van der Waals surface area contributed by atoms with Crippen LogP contribution in [0.4, 0.5) is 8.78 Å². The van der Waals surface area contributed by atoms with Crippen LogP contribution >= 0.6 is 0 Å². The van der Waals surface area contributed by atoms with Crippen LogP contribution in [0, 0.1) is 11.6 Å². The lowest BCUT2D eigenvalue weighted by molar-refractivity contribution is 0.314. The Hall–Kier alpha value is -1.58. The van der Waals surface area contributed by atoms with Crippen LogP contribution in [0.5, 0.6) is 5.75 Å². The molecular formula is C11H12F2O2. The fraction of sp³-hybridized carbons (Fsp3) is 0.273. The topological polar surface area (TPSA) is 18.5 Å². The molecule has 0 saturated heterocycles. The summed E-state index contributed by atoms with van der Waals surface area (Å²) >= 11 is 0. The van der Waals surface area contributed by atoms with Gasteiger partial charge in [0.15, 0.2) is 11.6 Å². The first-order valence-electron chi connectivity index (χ1n) is 4.50. The summed E-state index contributed by atoms with van der Waals surface area (Å²) in [6.45, 7) is 2.00. The summed E-state index contributed by atoms with van der Waals surface area (Å²) in [5, 5.41) is 0. The second-order valence-corrected chi connectivity index (χ2v) is 2.75. The second-order valence-electron chi connectivity index (χ2n) is 2.75. The Kier molecular flexibility index (Phi) is 4.09. The Balaban J connectivity index is 3.04. The van der Waals surface area contributed by atoms with E-state index in [9.17, 15) is 8.78 Å². The minimum absolute atomic E-state index is 0.0791. The summed E-state index contributed by atoms with van der Waals surface area (Å²) in [6.07, 6.45) is 2.62. The van der Waals surface area contributed by atoms with Crippen LogP contribution in [0.1, 0.15) is 12.5 Å². The van der Waals surface area contributed by atoms with Crippen molar-refractivity contribution in [2.24, 2.45) is 0 Å². The Bertz CT molecular complexity index is 362. The molecule has 0 heterocycles. The molecule has 15 heavy (non-hydrogen) atoms. The third-order valence-electron chi connectivity index (χ3n) is 1.76. The molecule has 0 aromatic heterocycles. The number of halogens is 2. The Labute approximate surface area is 87.1 Å². The molecule has 0 aliphatic rings. The molecule has 0 fully saturated rings. The molecule has 0 atom stereocenters. The fourth-order valence-corrected chi connectivity index (χ4v) is 1.08. The van der Waals surface area contributed by atoms with Crippen molar-refractivity contribution in [3.63, 3.8) is 0 Å². The molecule has 0 unspecified atom stereocenters. The maximum absolute atomic E-state index is 13.3. The lowest BCUT2D eigenvalue weighted by atomic mass is 10.2. The van der Waals surface area contributed by atoms with Crippen molar-refractivity contribution < 1.29 is 18.3 Å². The molecule has 0 radical (unpaired) electrons. The van der Waals surface area contributed by atoms with Crippen LogP contribution < -0.4 is 4.74 Å². The predicted octanol–water partition coefficient (Wildman–Crippen LogP) is 2.98. The van der Waals surface area contributed by atoms with Gasteiger partial charge in [-0.25, -0.2) is 4.39 Å². The van der Waals surface area contributed by atoms with Gasteiger partial charge in [-0.05, 0) is 25.1 Å². The maximum Gasteiger partial charge on any atom is 0.201 e. The zero-order valence-corrected chi connectivity index (χ0v) is 8.59. The molecule has 2 nitrogen and oxygen atoms in total. The summed E-state index contributed by atoms with van der Waals surface area (Å²) in [5.74, 6) is -1.99. The summed E-state index contributed by atoms with van der Waals surface area (Å²) in [4.78, 5) is 0. The Morgan fingerprint density at radius 1 is 1.27 bits per heavy atom. The predicted molar refractivity (Wildman–Crippen MR) is 53.6 cm³/mol. The van der Waals surface area contributed by atoms with E-state index in [0.717, 1.165) is 0 Å².